The number of fused-ring (bicyclic) bond motifs is 1. The first kappa shape index (κ1) is 11.6. The van der Waals surface area contributed by atoms with Gasteiger partial charge in [-0.15, -0.1) is 0 Å². The van der Waals surface area contributed by atoms with Gasteiger partial charge >= 0.3 is 0 Å². The van der Waals surface area contributed by atoms with Gasteiger partial charge in [0.2, 0.25) is 0 Å². The molecule has 0 fully saturated rings. The first-order chi connectivity index (χ1) is 9.22. The van der Waals surface area contributed by atoms with Gasteiger partial charge in [-0.2, -0.15) is 0 Å². The highest BCUT2D eigenvalue weighted by Gasteiger charge is 2.14. The number of carbonyl (C=O) groups is 1. The fourth-order valence-corrected chi connectivity index (χ4v) is 2.10. The minimum absolute atomic E-state index is 0.125. The van der Waals surface area contributed by atoms with Crippen LogP contribution in [0.5, 0.6) is 5.75 Å². The summed E-state index contributed by atoms with van der Waals surface area (Å²) < 4.78 is 5.42. The molecule has 1 amide bonds. The zero-order valence-corrected chi connectivity index (χ0v) is 10.3. The van der Waals surface area contributed by atoms with Crippen LogP contribution >= 0.6 is 0 Å². The van der Waals surface area contributed by atoms with Gasteiger partial charge in [0.15, 0.2) is 0 Å². The predicted octanol–water partition coefficient (Wildman–Crippen LogP) is 2.46. The zero-order chi connectivity index (χ0) is 13.2. The molecule has 3 rings (SSSR count). The van der Waals surface area contributed by atoms with Crippen LogP contribution in [-0.2, 0) is 6.42 Å². The van der Waals surface area contributed by atoms with Gasteiger partial charge in [0.1, 0.15) is 5.75 Å². The molecule has 1 heterocycles. The lowest BCUT2D eigenvalue weighted by atomic mass is 10.1. The SMILES string of the molecule is Nc1ccc(NC(=O)c2ccc3c(c2)CCO3)cc1. The summed E-state index contributed by atoms with van der Waals surface area (Å²) in [5.41, 5.74) is 8.74. The lowest BCUT2D eigenvalue weighted by Gasteiger charge is -2.06. The van der Waals surface area contributed by atoms with Gasteiger partial charge in [-0.1, -0.05) is 0 Å². The number of carbonyl (C=O) groups excluding carboxylic acids is 1. The highest BCUT2D eigenvalue weighted by atomic mass is 16.5. The minimum atomic E-state index is -0.125. The van der Waals surface area contributed by atoms with Crippen molar-refractivity contribution in [3.05, 3.63) is 53.6 Å². The standard InChI is InChI=1S/C15H14N2O2/c16-12-2-4-13(5-3-12)17-15(18)11-1-6-14-10(9-11)7-8-19-14/h1-6,9H,7-8,16H2,(H,17,18). The summed E-state index contributed by atoms with van der Waals surface area (Å²) in [7, 11) is 0. The molecule has 0 spiro atoms. The van der Waals surface area contributed by atoms with Gasteiger partial charge in [-0.3, -0.25) is 4.79 Å². The van der Waals surface area contributed by atoms with E-state index in [4.69, 9.17) is 10.5 Å². The number of hydrogen-bond donors (Lipinski definition) is 2. The summed E-state index contributed by atoms with van der Waals surface area (Å²) in [5.74, 6) is 0.753. The molecule has 2 aromatic rings. The Morgan fingerprint density at radius 3 is 2.74 bits per heavy atom. The number of nitrogen functional groups attached to an aromatic ring is 1. The van der Waals surface area contributed by atoms with Crippen molar-refractivity contribution >= 4 is 17.3 Å². The Morgan fingerprint density at radius 1 is 1.16 bits per heavy atom. The van der Waals surface area contributed by atoms with E-state index in [0.717, 1.165) is 23.4 Å². The van der Waals surface area contributed by atoms with E-state index in [1.165, 1.54) is 0 Å². The average Bonchev–Trinajstić information content (AvgIpc) is 2.88. The van der Waals surface area contributed by atoms with Crippen LogP contribution in [0.25, 0.3) is 0 Å². The fourth-order valence-electron chi connectivity index (χ4n) is 2.10. The van der Waals surface area contributed by atoms with Gasteiger partial charge in [0, 0.05) is 23.4 Å². The monoisotopic (exact) mass is 254 g/mol. The van der Waals surface area contributed by atoms with Crippen molar-refractivity contribution in [2.75, 3.05) is 17.7 Å². The van der Waals surface area contributed by atoms with Crippen LogP contribution in [0, 0.1) is 0 Å². The lowest BCUT2D eigenvalue weighted by molar-refractivity contribution is 0.102. The van der Waals surface area contributed by atoms with Crippen LogP contribution in [0.3, 0.4) is 0 Å². The molecule has 1 aliphatic rings. The molecule has 0 bridgehead atoms. The topological polar surface area (TPSA) is 64.3 Å². The van der Waals surface area contributed by atoms with E-state index in [1.54, 1.807) is 30.3 Å². The van der Waals surface area contributed by atoms with Crippen LogP contribution < -0.4 is 15.8 Å². The molecule has 0 unspecified atom stereocenters. The summed E-state index contributed by atoms with van der Waals surface area (Å²) in [6.45, 7) is 0.693. The van der Waals surface area contributed by atoms with Crippen molar-refractivity contribution in [3.63, 3.8) is 0 Å². The summed E-state index contributed by atoms with van der Waals surface area (Å²) in [6.07, 6.45) is 0.859. The molecule has 1 aliphatic heterocycles. The molecule has 0 saturated carbocycles. The van der Waals surface area contributed by atoms with Crippen LogP contribution in [0.1, 0.15) is 15.9 Å². The first-order valence-corrected chi connectivity index (χ1v) is 6.15. The second-order valence-electron chi connectivity index (χ2n) is 4.50. The van der Waals surface area contributed by atoms with Gasteiger partial charge in [0.25, 0.3) is 5.91 Å². The number of ether oxygens (including phenoxy) is 1. The van der Waals surface area contributed by atoms with Gasteiger partial charge in [-0.05, 0) is 48.0 Å². The summed E-state index contributed by atoms with van der Waals surface area (Å²) >= 11 is 0. The van der Waals surface area contributed by atoms with E-state index >= 15 is 0 Å². The molecule has 0 aliphatic carbocycles. The third-order valence-corrected chi connectivity index (χ3v) is 3.12. The quantitative estimate of drug-likeness (QED) is 0.809. The van der Waals surface area contributed by atoms with Crippen molar-refractivity contribution in [2.45, 2.75) is 6.42 Å². The maximum absolute atomic E-state index is 12.1. The number of benzene rings is 2. The molecule has 19 heavy (non-hydrogen) atoms. The predicted molar refractivity (Wildman–Crippen MR) is 74.4 cm³/mol. The van der Waals surface area contributed by atoms with E-state index in [2.05, 4.69) is 5.32 Å². The zero-order valence-electron chi connectivity index (χ0n) is 10.3. The molecule has 0 radical (unpaired) electrons. The normalized spacial score (nSPS) is 12.6. The van der Waals surface area contributed by atoms with Crippen LogP contribution in [-0.4, -0.2) is 12.5 Å². The fraction of sp³-hybridized carbons (Fsp3) is 0.133. The van der Waals surface area contributed by atoms with Crippen molar-refractivity contribution in [2.24, 2.45) is 0 Å². The largest absolute Gasteiger partial charge is 0.493 e. The Kier molecular flexibility index (Phi) is 2.83. The smallest absolute Gasteiger partial charge is 0.255 e. The van der Waals surface area contributed by atoms with Crippen molar-refractivity contribution in [1.29, 1.82) is 0 Å². The second kappa shape index (κ2) is 4.65. The molecule has 0 saturated heterocycles. The van der Waals surface area contributed by atoms with E-state index in [1.807, 2.05) is 12.1 Å². The summed E-state index contributed by atoms with van der Waals surface area (Å²) in [4.78, 5) is 12.1. The van der Waals surface area contributed by atoms with E-state index in [9.17, 15) is 4.79 Å². The van der Waals surface area contributed by atoms with Gasteiger partial charge < -0.3 is 15.8 Å². The summed E-state index contributed by atoms with van der Waals surface area (Å²) in [6, 6.07) is 12.6. The Balaban J connectivity index is 1.78. The van der Waals surface area contributed by atoms with Crippen molar-refractivity contribution < 1.29 is 9.53 Å². The number of anilines is 2. The Hall–Kier alpha value is -2.49. The number of hydrogen-bond acceptors (Lipinski definition) is 3. The van der Waals surface area contributed by atoms with E-state index in [0.29, 0.717) is 17.9 Å². The number of amides is 1. The summed E-state index contributed by atoms with van der Waals surface area (Å²) in [5, 5.41) is 2.84. The molecule has 0 aromatic heterocycles. The van der Waals surface area contributed by atoms with Gasteiger partial charge in [-0.25, -0.2) is 0 Å². The Bertz CT molecular complexity index is 621. The minimum Gasteiger partial charge on any atom is -0.493 e. The van der Waals surface area contributed by atoms with E-state index < -0.39 is 0 Å². The maximum atomic E-state index is 12.1. The number of nitrogens with one attached hydrogen (secondary N) is 1. The molecule has 96 valence electrons. The molecular formula is C15H14N2O2. The highest BCUT2D eigenvalue weighted by molar-refractivity contribution is 6.04. The van der Waals surface area contributed by atoms with Crippen molar-refractivity contribution in [1.82, 2.24) is 0 Å². The van der Waals surface area contributed by atoms with Crippen LogP contribution in [0.4, 0.5) is 11.4 Å². The Labute approximate surface area is 111 Å². The van der Waals surface area contributed by atoms with Crippen molar-refractivity contribution in [3.8, 4) is 5.75 Å². The number of rotatable bonds is 2. The Morgan fingerprint density at radius 2 is 1.95 bits per heavy atom. The first-order valence-electron chi connectivity index (χ1n) is 6.15. The molecule has 4 heteroatoms. The number of nitrogens with two attached hydrogens (primary N) is 1. The molecule has 0 atom stereocenters. The molecule has 3 N–H and O–H groups in total. The van der Waals surface area contributed by atoms with E-state index in [-0.39, 0.29) is 5.91 Å². The molecule has 4 nitrogen and oxygen atoms in total. The average molecular weight is 254 g/mol. The third-order valence-electron chi connectivity index (χ3n) is 3.12. The molecule has 2 aromatic carbocycles. The van der Waals surface area contributed by atoms with Crippen LogP contribution in [0.2, 0.25) is 0 Å². The van der Waals surface area contributed by atoms with Crippen LogP contribution in [0.15, 0.2) is 42.5 Å². The second-order valence-corrected chi connectivity index (χ2v) is 4.50. The highest BCUT2D eigenvalue weighted by Crippen LogP contribution is 2.26. The third kappa shape index (κ3) is 2.38. The molecular weight excluding hydrogens is 240 g/mol. The lowest BCUT2D eigenvalue weighted by Crippen LogP contribution is -2.12. The maximum Gasteiger partial charge on any atom is 0.255 e. The van der Waals surface area contributed by atoms with Gasteiger partial charge in [0.05, 0.1) is 6.61 Å².